The number of rotatable bonds is 4. The Morgan fingerprint density at radius 3 is 2.73 bits per heavy atom. The van der Waals surface area contributed by atoms with Crippen molar-refractivity contribution in [3.05, 3.63) is 35.1 Å². The van der Waals surface area contributed by atoms with Crippen molar-refractivity contribution in [2.45, 2.75) is 49.6 Å². The molecule has 4 N–H and O–H groups in total. The van der Waals surface area contributed by atoms with E-state index in [0.717, 1.165) is 12.8 Å². The van der Waals surface area contributed by atoms with Gasteiger partial charge in [-0.2, -0.15) is 0 Å². The van der Waals surface area contributed by atoms with Gasteiger partial charge in [-0.15, -0.1) is 0 Å². The average Bonchev–Trinajstić information content (AvgIpc) is 2.57. The van der Waals surface area contributed by atoms with Crippen LogP contribution in [0.25, 0.3) is 11.1 Å². The molecule has 1 fully saturated rings. The monoisotopic (exact) mass is 396 g/mol. The van der Waals surface area contributed by atoms with Crippen molar-refractivity contribution in [2.75, 3.05) is 5.73 Å². The smallest absolute Gasteiger partial charge is 0.242 e. The maximum Gasteiger partial charge on any atom is 0.242 e. The van der Waals surface area contributed by atoms with Crippen LogP contribution in [-0.4, -0.2) is 35.6 Å². The summed E-state index contributed by atoms with van der Waals surface area (Å²) < 4.78 is 28.3. The number of hydrogen-bond acceptors (Lipinski definition) is 6. The molecule has 9 heteroatoms. The number of aromatic nitrogens is 2. The summed E-state index contributed by atoms with van der Waals surface area (Å²) in [6, 6.07) is 4.22. The van der Waals surface area contributed by atoms with Gasteiger partial charge < -0.3 is 10.8 Å². The van der Waals surface area contributed by atoms with E-state index in [1.54, 1.807) is 19.2 Å². The quantitative estimate of drug-likeness (QED) is 0.729. The minimum absolute atomic E-state index is 0.0364. The Bertz CT molecular complexity index is 920. The number of hydrogen-bond donors (Lipinski definition) is 3. The molecule has 1 aromatic heterocycles. The fourth-order valence-electron chi connectivity index (χ4n) is 3.16. The van der Waals surface area contributed by atoms with Gasteiger partial charge >= 0.3 is 0 Å². The lowest BCUT2D eigenvalue weighted by molar-refractivity contribution is 0.101. The molecule has 0 radical (unpaired) electrons. The maximum absolute atomic E-state index is 12.8. The molecule has 140 valence electrons. The molecular weight excluding hydrogens is 376 g/mol. The number of nitrogen functional groups attached to an aromatic ring is 1. The van der Waals surface area contributed by atoms with Gasteiger partial charge in [-0.25, -0.2) is 23.1 Å². The molecule has 2 atom stereocenters. The summed E-state index contributed by atoms with van der Waals surface area (Å²) in [7, 11) is -3.88. The number of anilines is 1. The van der Waals surface area contributed by atoms with Crippen LogP contribution in [0, 0.1) is 6.92 Å². The first kappa shape index (κ1) is 19.0. The molecule has 1 saturated carbocycles. The first-order chi connectivity index (χ1) is 12.3. The van der Waals surface area contributed by atoms with Gasteiger partial charge in [0.25, 0.3) is 0 Å². The van der Waals surface area contributed by atoms with Crippen LogP contribution in [-0.2, 0) is 10.0 Å². The Labute approximate surface area is 157 Å². The van der Waals surface area contributed by atoms with Crippen molar-refractivity contribution >= 4 is 27.6 Å². The number of halogens is 1. The second-order valence-electron chi connectivity index (χ2n) is 6.45. The van der Waals surface area contributed by atoms with Gasteiger partial charge in [0.15, 0.2) is 0 Å². The van der Waals surface area contributed by atoms with Gasteiger partial charge in [-0.05, 0) is 37.5 Å². The third-order valence-electron chi connectivity index (χ3n) is 4.57. The molecule has 0 aliphatic heterocycles. The zero-order valence-corrected chi connectivity index (χ0v) is 15.9. The third-order valence-corrected chi connectivity index (χ3v) is 6.54. The first-order valence-electron chi connectivity index (χ1n) is 8.37. The molecule has 7 nitrogen and oxygen atoms in total. The zero-order chi connectivity index (χ0) is 18.9. The fraction of sp³-hybridized carbons (Fsp3) is 0.412. The summed E-state index contributed by atoms with van der Waals surface area (Å²) in [5.74, 6) is 0.154. The molecule has 0 spiro atoms. The van der Waals surface area contributed by atoms with Crippen LogP contribution in [0.2, 0.25) is 5.02 Å². The van der Waals surface area contributed by atoms with Gasteiger partial charge in [0, 0.05) is 17.8 Å². The highest BCUT2D eigenvalue weighted by atomic mass is 35.5. The highest BCUT2D eigenvalue weighted by Crippen LogP contribution is 2.30. The number of aliphatic hydroxyl groups is 1. The molecule has 2 aromatic rings. The Kier molecular flexibility index (Phi) is 5.47. The van der Waals surface area contributed by atoms with Crippen molar-refractivity contribution in [3.8, 4) is 11.1 Å². The van der Waals surface area contributed by atoms with Crippen LogP contribution >= 0.6 is 11.6 Å². The summed E-state index contributed by atoms with van der Waals surface area (Å²) in [5, 5.41) is 10.2. The van der Waals surface area contributed by atoms with Crippen molar-refractivity contribution in [1.82, 2.24) is 14.7 Å². The van der Waals surface area contributed by atoms with Crippen molar-refractivity contribution in [2.24, 2.45) is 0 Å². The maximum atomic E-state index is 12.8. The summed E-state index contributed by atoms with van der Waals surface area (Å²) in [6.07, 6.45) is 3.82. The van der Waals surface area contributed by atoms with Gasteiger partial charge in [0.1, 0.15) is 4.90 Å². The Hall–Kier alpha value is -1.74. The second-order valence-corrected chi connectivity index (χ2v) is 8.54. The van der Waals surface area contributed by atoms with Gasteiger partial charge in [0.2, 0.25) is 16.0 Å². The third kappa shape index (κ3) is 3.98. The highest BCUT2D eigenvalue weighted by molar-refractivity contribution is 7.89. The lowest BCUT2D eigenvalue weighted by Crippen LogP contribution is -2.45. The Balaban J connectivity index is 1.96. The molecule has 0 unspecified atom stereocenters. The van der Waals surface area contributed by atoms with E-state index in [2.05, 4.69) is 14.7 Å². The molecule has 1 heterocycles. The van der Waals surface area contributed by atoms with Crippen LogP contribution in [0.3, 0.4) is 0 Å². The summed E-state index contributed by atoms with van der Waals surface area (Å²) in [4.78, 5) is 8.04. The SMILES string of the molecule is Cc1nc(N)ncc1-c1ccc(Cl)c(S(=O)(=O)N[C@@H]2CCCC[C@H]2O)c1. The van der Waals surface area contributed by atoms with E-state index in [4.69, 9.17) is 17.3 Å². The van der Waals surface area contributed by atoms with E-state index in [1.165, 1.54) is 12.1 Å². The Morgan fingerprint density at radius 2 is 2.04 bits per heavy atom. The normalized spacial score (nSPS) is 20.9. The van der Waals surface area contributed by atoms with Crippen molar-refractivity contribution in [1.29, 1.82) is 0 Å². The van der Waals surface area contributed by atoms with E-state index in [-0.39, 0.29) is 15.9 Å². The predicted molar refractivity (Wildman–Crippen MR) is 100 cm³/mol. The molecular formula is C17H21ClN4O3S. The molecule has 0 amide bonds. The summed E-state index contributed by atoms with van der Waals surface area (Å²) in [6.45, 7) is 1.77. The van der Waals surface area contributed by atoms with E-state index in [1.807, 2.05) is 0 Å². The van der Waals surface area contributed by atoms with E-state index >= 15 is 0 Å². The van der Waals surface area contributed by atoms with Gasteiger partial charge in [-0.1, -0.05) is 30.5 Å². The average molecular weight is 397 g/mol. The van der Waals surface area contributed by atoms with E-state index in [9.17, 15) is 13.5 Å². The molecule has 26 heavy (non-hydrogen) atoms. The number of nitrogens with one attached hydrogen (secondary N) is 1. The highest BCUT2D eigenvalue weighted by Gasteiger charge is 2.29. The van der Waals surface area contributed by atoms with Crippen molar-refractivity contribution in [3.63, 3.8) is 0 Å². The lowest BCUT2D eigenvalue weighted by atomic mass is 9.93. The number of sulfonamides is 1. The predicted octanol–water partition coefficient (Wildman–Crippen LogP) is 2.27. The molecule has 1 aliphatic rings. The second kappa shape index (κ2) is 7.48. The van der Waals surface area contributed by atoms with Crippen LogP contribution in [0.5, 0.6) is 0 Å². The van der Waals surface area contributed by atoms with Crippen LogP contribution in [0.15, 0.2) is 29.3 Å². The molecule has 1 aliphatic carbocycles. The van der Waals surface area contributed by atoms with Crippen LogP contribution in [0.4, 0.5) is 5.95 Å². The summed E-state index contributed by atoms with van der Waals surface area (Å²) >= 11 is 6.15. The van der Waals surface area contributed by atoms with E-state index < -0.39 is 22.2 Å². The number of nitrogens with zero attached hydrogens (tertiary/aromatic N) is 2. The topological polar surface area (TPSA) is 118 Å². The number of benzene rings is 1. The van der Waals surface area contributed by atoms with Gasteiger partial charge in [0.05, 0.1) is 16.8 Å². The molecule has 0 saturated heterocycles. The number of nitrogens with two attached hydrogens (primary N) is 1. The van der Waals surface area contributed by atoms with Crippen molar-refractivity contribution < 1.29 is 13.5 Å². The van der Waals surface area contributed by atoms with Gasteiger partial charge in [-0.3, -0.25) is 0 Å². The number of aliphatic hydroxyl groups excluding tert-OH is 1. The van der Waals surface area contributed by atoms with E-state index in [0.29, 0.717) is 29.7 Å². The fourth-order valence-corrected chi connectivity index (χ4v) is 4.99. The number of aryl methyl sites for hydroxylation is 1. The zero-order valence-electron chi connectivity index (χ0n) is 14.3. The lowest BCUT2D eigenvalue weighted by Gasteiger charge is -2.28. The molecule has 0 bridgehead atoms. The minimum atomic E-state index is -3.88. The summed E-state index contributed by atoms with van der Waals surface area (Å²) in [5.41, 5.74) is 7.50. The standard InChI is InChI=1S/C17H21ClN4O3S/c1-10-12(9-20-17(19)21-10)11-6-7-13(18)16(8-11)26(24,25)22-14-4-2-3-5-15(14)23/h6-9,14-15,22-23H,2-5H2,1H3,(H2,19,20,21)/t14-,15-/m1/s1. The molecule has 3 rings (SSSR count). The largest absolute Gasteiger partial charge is 0.391 e. The van der Waals surface area contributed by atoms with Crippen LogP contribution in [0.1, 0.15) is 31.4 Å². The molecule has 1 aromatic carbocycles. The van der Waals surface area contributed by atoms with Crippen LogP contribution < -0.4 is 10.5 Å². The minimum Gasteiger partial charge on any atom is -0.391 e. The Morgan fingerprint density at radius 1 is 1.31 bits per heavy atom. The first-order valence-corrected chi connectivity index (χ1v) is 10.2.